The zero-order valence-electron chi connectivity index (χ0n) is 10.3. The molecule has 78 valence electrons. The van der Waals surface area contributed by atoms with Crippen LogP contribution in [-0.2, 0) is 0 Å². The molecule has 0 saturated heterocycles. The normalized spacial score (nSPS) is 11.4. The fraction of sp³-hybridized carbons (Fsp3) is 0.692. The molecule has 0 aliphatic rings. The molecular weight excluding hydrogens is 184 g/mol. The summed E-state index contributed by atoms with van der Waals surface area (Å²) in [4.78, 5) is 0. The topological polar surface area (TPSA) is 0 Å². The van der Waals surface area contributed by atoms with Gasteiger partial charge in [0.2, 0.25) is 0 Å². The van der Waals surface area contributed by atoms with Crippen LogP contribution in [0.4, 0.5) is 0 Å². The summed E-state index contributed by atoms with van der Waals surface area (Å²) in [5, 5.41) is 0. The average molecular weight is 206 g/mol. The smallest absolute Gasteiger partial charge is 0.117 e. The first-order chi connectivity index (χ1) is 6.39. The summed E-state index contributed by atoms with van der Waals surface area (Å²) in [5.41, 5.74) is 5.44. The van der Waals surface area contributed by atoms with Crippen LogP contribution in [-0.4, -0.2) is 8.07 Å². The van der Waals surface area contributed by atoms with Crippen LogP contribution in [0.2, 0.25) is 16.6 Å². The quantitative estimate of drug-likeness (QED) is 0.486. The van der Waals surface area contributed by atoms with E-state index in [1.165, 1.54) is 0 Å². The molecule has 0 spiro atoms. The van der Waals surface area contributed by atoms with Gasteiger partial charge in [0.25, 0.3) is 0 Å². The third-order valence-corrected chi connectivity index (χ3v) is 9.51. The van der Waals surface area contributed by atoms with Gasteiger partial charge in [0.15, 0.2) is 0 Å². The molecule has 0 N–H and O–H groups in total. The van der Waals surface area contributed by atoms with Gasteiger partial charge >= 0.3 is 0 Å². The van der Waals surface area contributed by atoms with Gasteiger partial charge in [-0.05, 0) is 28.5 Å². The summed E-state index contributed by atoms with van der Waals surface area (Å²) in [6.07, 6.45) is 5.23. The van der Waals surface area contributed by atoms with E-state index in [1.54, 1.807) is 0 Å². The zero-order chi connectivity index (χ0) is 11.4. The van der Waals surface area contributed by atoms with Crippen molar-refractivity contribution >= 4 is 8.07 Å². The maximum Gasteiger partial charge on any atom is 0.147 e. The second-order valence-electron chi connectivity index (χ2n) is 4.79. The first kappa shape index (κ1) is 13.3. The first-order valence-electron chi connectivity index (χ1n) is 5.37. The third-order valence-electron chi connectivity index (χ3n) is 3.22. The summed E-state index contributed by atoms with van der Waals surface area (Å²) >= 11 is 0. The Labute approximate surface area is 90.5 Å². The van der Waals surface area contributed by atoms with Crippen molar-refractivity contribution in [3.8, 4) is 23.8 Å². The molecule has 0 aromatic rings. The molecule has 0 unspecified atom stereocenters. The van der Waals surface area contributed by atoms with Gasteiger partial charge in [-0.25, -0.2) is 0 Å². The summed E-state index contributed by atoms with van der Waals surface area (Å²) < 4.78 is 0. The average Bonchev–Trinajstić information content (AvgIpc) is 2.03. The van der Waals surface area contributed by atoms with Gasteiger partial charge in [-0.3, -0.25) is 0 Å². The molecule has 0 radical (unpaired) electrons. The Bertz CT molecular complexity index is 246. The van der Waals surface area contributed by atoms with E-state index < -0.39 is 8.07 Å². The second-order valence-corrected chi connectivity index (χ2v) is 10.4. The number of rotatable bonds is 3. The number of hydrogen-bond acceptors (Lipinski definition) is 0. The second kappa shape index (κ2) is 5.28. The highest BCUT2D eigenvalue weighted by atomic mass is 28.3. The van der Waals surface area contributed by atoms with Crippen LogP contribution in [0.3, 0.4) is 0 Å². The Kier molecular flexibility index (Phi) is 5.03. The van der Waals surface area contributed by atoms with Gasteiger partial charge < -0.3 is 0 Å². The van der Waals surface area contributed by atoms with Crippen molar-refractivity contribution in [2.24, 2.45) is 0 Å². The maximum absolute atomic E-state index is 5.23. The van der Waals surface area contributed by atoms with E-state index >= 15 is 0 Å². The lowest BCUT2D eigenvalue weighted by molar-refractivity contribution is 0.838. The van der Waals surface area contributed by atoms with E-state index in [2.05, 4.69) is 58.9 Å². The van der Waals surface area contributed by atoms with E-state index in [4.69, 9.17) is 6.42 Å². The zero-order valence-corrected chi connectivity index (χ0v) is 11.3. The van der Waals surface area contributed by atoms with E-state index in [1.807, 2.05) is 0 Å². The minimum Gasteiger partial charge on any atom is -0.117 e. The van der Waals surface area contributed by atoms with Crippen molar-refractivity contribution in [1.29, 1.82) is 0 Å². The Hall–Kier alpha value is -0.663. The van der Waals surface area contributed by atoms with E-state index in [9.17, 15) is 0 Å². The molecule has 0 aromatic heterocycles. The van der Waals surface area contributed by atoms with E-state index in [0.29, 0.717) is 16.6 Å². The minimum absolute atomic E-state index is 0.670. The molecule has 1 heteroatoms. The Morgan fingerprint density at radius 1 is 0.857 bits per heavy atom. The van der Waals surface area contributed by atoms with Crippen molar-refractivity contribution in [3.05, 3.63) is 0 Å². The Morgan fingerprint density at radius 3 is 1.43 bits per heavy atom. The maximum atomic E-state index is 5.23. The van der Waals surface area contributed by atoms with Crippen LogP contribution < -0.4 is 0 Å². The number of hydrogen-bond donors (Lipinski definition) is 0. The highest BCUT2D eigenvalue weighted by Crippen LogP contribution is 2.40. The summed E-state index contributed by atoms with van der Waals surface area (Å²) in [6.45, 7) is 13.7. The van der Waals surface area contributed by atoms with Crippen molar-refractivity contribution < 1.29 is 0 Å². The standard InChI is InChI=1S/C13H22Si/c1-8-9-10-14(11(2)3,12(4)5)13(6)7/h1,11-13H,2-7H3. The van der Waals surface area contributed by atoms with Crippen LogP contribution in [0, 0.1) is 23.8 Å². The highest BCUT2D eigenvalue weighted by Gasteiger charge is 2.41. The minimum atomic E-state index is -1.55. The van der Waals surface area contributed by atoms with Gasteiger partial charge in [0, 0.05) is 0 Å². The largest absolute Gasteiger partial charge is 0.147 e. The fourth-order valence-electron chi connectivity index (χ4n) is 2.58. The molecule has 0 aromatic carbocycles. The van der Waals surface area contributed by atoms with Crippen LogP contribution >= 0.6 is 0 Å². The molecule has 0 aliphatic heterocycles. The van der Waals surface area contributed by atoms with Crippen molar-refractivity contribution in [2.75, 3.05) is 0 Å². The van der Waals surface area contributed by atoms with Gasteiger partial charge in [-0.1, -0.05) is 41.5 Å². The van der Waals surface area contributed by atoms with Crippen molar-refractivity contribution in [2.45, 2.75) is 58.2 Å². The van der Waals surface area contributed by atoms with Gasteiger partial charge in [-0.15, -0.1) is 12.0 Å². The molecule has 0 aliphatic carbocycles. The molecule has 0 amide bonds. The van der Waals surface area contributed by atoms with Gasteiger partial charge in [0.05, 0.1) is 0 Å². The molecule has 0 heterocycles. The Balaban J connectivity index is 5.30. The molecule has 0 nitrogen and oxygen atoms in total. The predicted octanol–water partition coefficient (Wildman–Crippen LogP) is 3.84. The molecule has 0 rings (SSSR count). The molecular formula is C13H22Si. The van der Waals surface area contributed by atoms with Crippen LogP contribution in [0.1, 0.15) is 41.5 Å². The summed E-state index contributed by atoms with van der Waals surface area (Å²) in [5.74, 6) is 5.33. The lowest BCUT2D eigenvalue weighted by Gasteiger charge is -2.37. The first-order valence-corrected chi connectivity index (χ1v) is 7.60. The van der Waals surface area contributed by atoms with Gasteiger partial charge in [-0.2, -0.15) is 0 Å². The van der Waals surface area contributed by atoms with E-state index in [-0.39, 0.29) is 0 Å². The molecule has 0 saturated carbocycles. The third kappa shape index (κ3) is 2.43. The highest BCUT2D eigenvalue weighted by molar-refractivity contribution is 6.90. The van der Waals surface area contributed by atoms with Crippen LogP contribution in [0.15, 0.2) is 0 Å². The molecule has 0 atom stereocenters. The fourth-order valence-corrected chi connectivity index (χ4v) is 7.73. The molecule has 0 bridgehead atoms. The summed E-state index contributed by atoms with van der Waals surface area (Å²) in [6, 6.07) is 0. The van der Waals surface area contributed by atoms with Gasteiger partial charge in [0.1, 0.15) is 8.07 Å². The van der Waals surface area contributed by atoms with Crippen molar-refractivity contribution in [1.82, 2.24) is 0 Å². The van der Waals surface area contributed by atoms with Crippen molar-refractivity contribution in [3.63, 3.8) is 0 Å². The lowest BCUT2D eigenvalue weighted by atomic mass is 10.5. The number of terminal acetylenes is 1. The van der Waals surface area contributed by atoms with E-state index in [0.717, 1.165) is 0 Å². The Morgan fingerprint density at radius 2 is 1.21 bits per heavy atom. The molecule has 0 fully saturated rings. The SMILES string of the molecule is C#CC#C[Si](C(C)C)(C(C)C)C(C)C. The lowest BCUT2D eigenvalue weighted by Crippen LogP contribution is -2.43. The molecule has 14 heavy (non-hydrogen) atoms. The van der Waals surface area contributed by atoms with Crippen LogP contribution in [0.5, 0.6) is 0 Å². The van der Waals surface area contributed by atoms with Crippen LogP contribution in [0.25, 0.3) is 0 Å². The monoisotopic (exact) mass is 206 g/mol. The summed E-state index contributed by atoms with van der Waals surface area (Å²) in [7, 11) is -1.55. The predicted molar refractivity (Wildman–Crippen MR) is 67.7 cm³/mol.